The molecular formula is C18H28N2O. The van der Waals surface area contributed by atoms with Crippen LogP contribution in [0.5, 0.6) is 0 Å². The fraction of sp³-hybridized carbons (Fsp3) is 0.611. The van der Waals surface area contributed by atoms with Gasteiger partial charge in [0.05, 0.1) is 6.04 Å². The fourth-order valence-corrected chi connectivity index (χ4v) is 2.91. The first-order valence-corrected chi connectivity index (χ1v) is 8.19. The Morgan fingerprint density at radius 1 is 1.19 bits per heavy atom. The largest absolute Gasteiger partial charge is 0.355 e. The second-order valence-corrected chi connectivity index (χ2v) is 6.57. The van der Waals surface area contributed by atoms with E-state index in [-0.39, 0.29) is 18.0 Å². The molecule has 1 fully saturated rings. The van der Waals surface area contributed by atoms with Crippen molar-refractivity contribution in [3.05, 3.63) is 35.4 Å². The minimum absolute atomic E-state index is 0.0576. The van der Waals surface area contributed by atoms with Crippen molar-refractivity contribution < 1.29 is 4.79 Å². The topological polar surface area (TPSA) is 41.1 Å². The predicted molar refractivity (Wildman–Crippen MR) is 87.2 cm³/mol. The lowest BCUT2D eigenvalue weighted by Crippen LogP contribution is -2.43. The minimum Gasteiger partial charge on any atom is -0.355 e. The molecule has 1 aliphatic heterocycles. The van der Waals surface area contributed by atoms with Gasteiger partial charge in [0.15, 0.2) is 0 Å². The Balaban J connectivity index is 1.95. The lowest BCUT2D eigenvalue weighted by atomic mass is 9.99. The average molecular weight is 288 g/mol. The van der Waals surface area contributed by atoms with Gasteiger partial charge in [-0.2, -0.15) is 0 Å². The molecule has 116 valence electrons. The van der Waals surface area contributed by atoms with Crippen LogP contribution in [0.3, 0.4) is 0 Å². The SMILES string of the molecule is CC(C)Cc1ccc(C(C)NC2CCCCNC2=O)cc1. The van der Waals surface area contributed by atoms with Crippen LogP contribution in [0.2, 0.25) is 0 Å². The Morgan fingerprint density at radius 3 is 2.57 bits per heavy atom. The standard InChI is InChI=1S/C18H28N2O/c1-13(2)12-15-7-9-16(10-8-15)14(3)20-17-6-4-5-11-19-18(17)21/h7-10,13-14,17,20H,4-6,11-12H2,1-3H3,(H,19,21). The van der Waals surface area contributed by atoms with Crippen LogP contribution in [0.25, 0.3) is 0 Å². The van der Waals surface area contributed by atoms with Gasteiger partial charge in [0, 0.05) is 12.6 Å². The number of hydrogen-bond donors (Lipinski definition) is 2. The molecule has 3 heteroatoms. The molecule has 2 atom stereocenters. The first kappa shape index (κ1) is 16.0. The zero-order valence-electron chi connectivity index (χ0n) is 13.5. The zero-order chi connectivity index (χ0) is 15.2. The summed E-state index contributed by atoms with van der Waals surface area (Å²) < 4.78 is 0. The van der Waals surface area contributed by atoms with Gasteiger partial charge in [-0.25, -0.2) is 0 Å². The third-order valence-corrected chi connectivity index (χ3v) is 4.11. The van der Waals surface area contributed by atoms with E-state index < -0.39 is 0 Å². The number of rotatable bonds is 5. The summed E-state index contributed by atoms with van der Waals surface area (Å²) >= 11 is 0. The smallest absolute Gasteiger partial charge is 0.237 e. The van der Waals surface area contributed by atoms with E-state index in [1.165, 1.54) is 11.1 Å². The Kier molecular flexibility index (Phi) is 5.80. The monoisotopic (exact) mass is 288 g/mol. The summed E-state index contributed by atoms with van der Waals surface area (Å²) in [6, 6.07) is 8.93. The Bertz CT molecular complexity index is 453. The molecule has 1 saturated heterocycles. The maximum absolute atomic E-state index is 12.0. The third-order valence-electron chi connectivity index (χ3n) is 4.11. The van der Waals surface area contributed by atoms with E-state index in [1.54, 1.807) is 0 Å². The summed E-state index contributed by atoms with van der Waals surface area (Å²) in [6.07, 6.45) is 4.24. The molecular weight excluding hydrogens is 260 g/mol. The van der Waals surface area contributed by atoms with E-state index in [1.807, 2.05) is 0 Å². The van der Waals surface area contributed by atoms with Crippen molar-refractivity contribution in [1.82, 2.24) is 10.6 Å². The highest BCUT2D eigenvalue weighted by atomic mass is 16.2. The third kappa shape index (κ3) is 4.85. The van der Waals surface area contributed by atoms with Crippen molar-refractivity contribution >= 4 is 5.91 Å². The molecule has 3 nitrogen and oxygen atoms in total. The molecule has 2 N–H and O–H groups in total. The maximum Gasteiger partial charge on any atom is 0.237 e. The molecule has 0 saturated carbocycles. The average Bonchev–Trinajstić information content (AvgIpc) is 2.64. The van der Waals surface area contributed by atoms with Crippen LogP contribution in [0.1, 0.15) is 57.2 Å². The highest BCUT2D eigenvalue weighted by Gasteiger charge is 2.22. The first-order valence-electron chi connectivity index (χ1n) is 8.19. The second kappa shape index (κ2) is 7.60. The van der Waals surface area contributed by atoms with Crippen molar-refractivity contribution in [2.24, 2.45) is 5.92 Å². The number of benzene rings is 1. The lowest BCUT2D eigenvalue weighted by molar-refractivity contribution is -0.123. The summed E-state index contributed by atoms with van der Waals surface area (Å²) in [6.45, 7) is 7.43. The van der Waals surface area contributed by atoms with E-state index in [4.69, 9.17) is 0 Å². The van der Waals surface area contributed by atoms with Crippen molar-refractivity contribution in [3.8, 4) is 0 Å². The summed E-state index contributed by atoms with van der Waals surface area (Å²) in [5.74, 6) is 0.830. The van der Waals surface area contributed by atoms with Crippen LogP contribution < -0.4 is 10.6 Å². The molecule has 1 heterocycles. The van der Waals surface area contributed by atoms with Crippen molar-refractivity contribution in [2.45, 2.75) is 58.5 Å². The van der Waals surface area contributed by atoms with Gasteiger partial charge in [-0.05, 0) is 49.7 Å². The number of carbonyl (C=O) groups is 1. The van der Waals surface area contributed by atoms with E-state index in [9.17, 15) is 4.79 Å². The van der Waals surface area contributed by atoms with Crippen LogP contribution in [0.4, 0.5) is 0 Å². The Morgan fingerprint density at radius 2 is 1.90 bits per heavy atom. The second-order valence-electron chi connectivity index (χ2n) is 6.57. The molecule has 21 heavy (non-hydrogen) atoms. The van der Waals surface area contributed by atoms with Crippen LogP contribution >= 0.6 is 0 Å². The van der Waals surface area contributed by atoms with E-state index in [0.717, 1.165) is 32.2 Å². The van der Waals surface area contributed by atoms with E-state index in [0.29, 0.717) is 5.92 Å². The van der Waals surface area contributed by atoms with Crippen LogP contribution in [0, 0.1) is 5.92 Å². The van der Waals surface area contributed by atoms with E-state index >= 15 is 0 Å². The minimum atomic E-state index is -0.0576. The van der Waals surface area contributed by atoms with Crippen LogP contribution in [-0.2, 0) is 11.2 Å². The molecule has 0 bridgehead atoms. The van der Waals surface area contributed by atoms with Crippen molar-refractivity contribution in [3.63, 3.8) is 0 Å². The molecule has 1 amide bonds. The van der Waals surface area contributed by atoms with Gasteiger partial charge in [0.25, 0.3) is 0 Å². The van der Waals surface area contributed by atoms with Gasteiger partial charge in [0.1, 0.15) is 0 Å². The van der Waals surface area contributed by atoms with Gasteiger partial charge >= 0.3 is 0 Å². The molecule has 2 rings (SSSR count). The van der Waals surface area contributed by atoms with Crippen molar-refractivity contribution in [2.75, 3.05) is 6.54 Å². The zero-order valence-corrected chi connectivity index (χ0v) is 13.5. The van der Waals surface area contributed by atoms with Crippen LogP contribution in [0.15, 0.2) is 24.3 Å². The normalized spacial score (nSPS) is 21.0. The molecule has 0 aliphatic carbocycles. The molecule has 0 spiro atoms. The summed E-state index contributed by atoms with van der Waals surface area (Å²) in [7, 11) is 0. The quantitative estimate of drug-likeness (QED) is 0.873. The summed E-state index contributed by atoms with van der Waals surface area (Å²) in [5, 5.41) is 6.45. The summed E-state index contributed by atoms with van der Waals surface area (Å²) in [4.78, 5) is 12.0. The van der Waals surface area contributed by atoms with Crippen LogP contribution in [-0.4, -0.2) is 18.5 Å². The first-order chi connectivity index (χ1) is 10.1. The number of amides is 1. The van der Waals surface area contributed by atoms with Gasteiger partial charge in [-0.15, -0.1) is 0 Å². The molecule has 1 aromatic carbocycles. The number of nitrogens with one attached hydrogen (secondary N) is 2. The summed E-state index contributed by atoms with van der Waals surface area (Å²) in [5.41, 5.74) is 2.63. The fourth-order valence-electron chi connectivity index (χ4n) is 2.91. The highest BCUT2D eigenvalue weighted by molar-refractivity contribution is 5.81. The van der Waals surface area contributed by atoms with Crippen molar-refractivity contribution in [1.29, 1.82) is 0 Å². The highest BCUT2D eigenvalue weighted by Crippen LogP contribution is 2.17. The molecule has 2 unspecified atom stereocenters. The van der Waals surface area contributed by atoms with Gasteiger partial charge in [-0.1, -0.05) is 38.1 Å². The predicted octanol–water partition coefficient (Wildman–Crippen LogP) is 3.20. The van der Waals surface area contributed by atoms with Gasteiger partial charge in [0.2, 0.25) is 5.91 Å². The van der Waals surface area contributed by atoms with Gasteiger partial charge in [-0.3, -0.25) is 10.1 Å². The Hall–Kier alpha value is -1.35. The molecule has 1 aliphatic rings. The number of carbonyl (C=O) groups excluding carboxylic acids is 1. The molecule has 0 aromatic heterocycles. The number of hydrogen-bond acceptors (Lipinski definition) is 2. The van der Waals surface area contributed by atoms with Gasteiger partial charge < -0.3 is 5.32 Å². The van der Waals surface area contributed by atoms with E-state index in [2.05, 4.69) is 55.7 Å². The molecule has 1 aromatic rings. The maximum atomic E-state index is 12.0. The Labute approximate surface area is 128 Å². The lowest BCUT2D eigenvalue weighted by Gasteiger charge is -2.21. The molecule has 0 radical (unpaired) electrons.